The van der Waals surface area contributed by atoms with Crippen molar-refractivity contribution < 1.29 is 13.0 Å². The standard InChI is InChI=1S/C10H17NO3S2.H3N/c1-11(5-2-8-16(12,13)14)6-3-10-4-7-15-9-10;/h4,7,9H,2-3,5-6,8H2,1H3,(H,12,13,14);1H3. The van der Waals surface area contributed by atoms with Gasteiger partial charge < -0.3 is 15.6 Å². The molecule has 0 spiro atoms. The van der Waals surface area contributed by atoms with Crippen LogP contribution in [0.15, 0.2) is 16.8 Å². The van der Waals surface area contributed by atoms with Crippen molar-refractivity contribution in [3.05, 3.63) is 22.4 Å². The second-order valence-electron chi connectivity index (χ2n) is 3.80. The summed E-state index contributed by atoms with van der Waals surface area (Å²) in [5.41, 5.74) is 1.30. The summed E-state index contributed by atoms with van der Waals surface area (Å²) < 4.78 is 31.2. The van der Waals surface area contributed by atoms with Crippen molar-refractivity contribution in [1.29, 1.82) is 0 Å². The number of nitrogens with zero attached hydrogens (tertiary/aromatic N) is 1. The average molecular weight is 280 g/mol. The van der Waals surface area contributed by atoms with Gasteiger partial charge in [0, 0.05) is 12.3 Å². The van der Waals surface area contributed by atoms with Crippen molar-refractivity contribution in [2.45, 2.75) is 12.8 Å². The highest BCUT2D eigenvalue weighted by molar-refractivity contribution is 7.85. The van der Waals surface area contributed by atoms with Gasteiger partial charge in [0.1, 0.15) is 0 Å². The van der Waals surface area contributed by atoms with Crippen LogP contribution in [0.5, 0.6) is 0 Å². The minimum Gasteiger partial charge on any atom is -0.748 e. The molecule has 0 atom stereocenters. The molecule has 5 nitrogen and oxygen atoms in total. The second kappa shape index (κ2) is 7.78. The van der Waals surface area contributed by atoms with E-state index in [4.69, 9.17) is 0 Å². The molecule has 0 aliphatic carbocycles. The summed E-state index contributed by atoms with van der Waals surface area (Å²) in [5.74, 6) is -0.268. The number of thiophene rings is 1. The molecule has 0 aromatic carbocycles. The molecule has 4 N–H and O–H groups in total. The highest BCUT2D eigenvalue weighted by Crippen LogP contribution is 2.07. The Balaban J connectivity index is 0.00000256. The van der Waals surface area contributed by atoms with Gasteiger partial charge in [0.25, 0.3) is 0 Å². The van der Waals surface area contributed by atoms with Crippen molar-refractivity contribution in [1.82, 2.24) is 11.1 Å². The number of rotatable bonds is 7. The summed E-state index contributed by atoms with van der Waals surface area (Å²) in [6.07, 6.45) is 1.37. The van der Waals surface area contributed by atoms with Gasteiger partial charge in [0.15, 0.2) is 0 Å². The Labute approximate surface area is 107 Å². The van der Waals surface area contributed by atoms with Gasteiger partial charge in [-0.3, -0.25) is 0 Å². The van der Waals surface area contributed by atoms with Crippen molar-refractivity contribution in [3.8, 4) is 0 Å². The summed E-state index contributed by atoms with van der Waals surface area (Å²) in [6.45, 7) is 1.53. The third-order valence-electron chi connectivity index (χ3n) is 2.30. The first kappa shape index (κ1) is 16.5. The SMILES string of the molecule is CN(CCCS(=O)(=O)[O-])CCc1ccsc1.[NH4+]. The van der Waals surface area contributed by atoms with E-state index < -0.39 is 10.1 Å². The molecule has 0 aliphatic rings. The van der Waals surface area contributed by atoms with Gasteiger partial charge >= 0.3 is 0 Å². The normalized spacial score (nSPS) is 11.5. The lowest BCUT2D eigenvalue weighted by molar-refractivity contribution is 0.337. The fourth-order valence-electron chi connectivity index (χ4n) is 1.38. The van der Waals surface area contributed by atoms with E-state index in [0.29, 0.717) is 13.0 Å². The van der Waals surface area contributed by atoms with Gasteiger partial charge in [-0.2, -0.15) is 11.3 Å². The number of hydrogen-bond acceptors (Lipinski definition) is 5. The van der Waals surface area contributed by atoms with Crippen LogP contribution in [0.1, 0.15) is 12.0 Å². The van der Waals surface area contributed by atoms with Crippen LogP contribution in [0.2, 0.25) is 0 Å². The monoisotopic (exact) mass is 280 g/mol. The molecule has 0 amide bonds. The van der Waals surface area contributed by atoms with Crippen LogP contribution in [0.4, 0.5) is 0 Å². The molecule has 0 bridgehead atoms. The van der Waals surface area contributed by atoms with E-state index >= 15 is 0 Å². The highest BCUT2D eigenvalue weighted by atomic mass is 32.2. The third kappa shape index (κ3) is 8.28. The van der Waals surface area contributed by atoms with Crippen LogP contribution in [0, 0.1) is 0 Å². The number of likely N-dealkylation sites (N-methyl/N-ethyl adjacent to an activating group) is 1. The van der Waals surface area contributed by atoms with Crippen LogP contribution in [-0.4, -0.2) is 43.8 Å². The van der Waals surface area contributed by atoms with Gasteiger partial charge in [-0.1, -0.05) is 0 Å². The molecule has 1 aromatic heterocycles. The van der Waals surface area contributed by atoms with Crippen LogP contribution in [0.25, 0.3) is 0 Å². The Hall–Kier alpha value is -0.470. The maximum atomic E-state index is 10.4. The molecule has 0 radical (unpaired) electrons. The topological polar surface area (TPSA) is 96.9 Å². The maximum Gasteiger partial charge on any atom is 0.0946 e. The fourth-order valence-corrected chi connectivity index (χ4v) is 2.56. The fraction of sp³-hybridized carbons (Fsp3) is 0.600. The van der Waals surface area contributed by atoms with Crippen molar-refractivity contribution >= 4 is 21.5 Å². The van der Waals surface area contributed by atoms with Gasteiger partial charge in [-0.25, -0.2) is 8.42 Å². The second-order valence-corrected chi connectivity index (χ2v) is 6.10. The lowest BCUT2D eigenvalue weighted by Crippen LogP contribution is -2.24. The zero-order chi connectivity index (χ0) is 12.0. The third-order valence-corrected chi connectivity index (χ3v) is 3.82. The van der Waals surface area contributed by atoms with Gasteiger partial charge in [0.05, 0.1) is 10.1 Å². The summed E-state index contributed by atoms with van der Waals surface area (Å²) in [5, 5.41) is 4.15. The number of quaternary nitrogens is 1. The molecule has 1 rings (SSSR count). The minimum absolute atomic E-state index is 0. The van der Waals surface area contributed by atoms with Crippen LogP contribution < -0.4 is 6.15 Å². The van der Waals surface area contributed by atoms with Crippen molar-refractivity contribution in [2.24, 2.45) is 0 Å². The van der Waals surface area contributed by atoms with Crippen LogP contribution in [0.3, 0.4) is 0 Å². The first-order valence-electron chi connectivity index (χ1n) is 5.10. The van der Waals surface area contributed by atoms with E-state index in [0.717, 1.165) is 13.0 Å². The Morgan fingerprint density at radius 3 is 2.65 bits per heavy atom. The first-order valence-corrected chi connectivity index (χ1v) is 7.62. The smallest absolute Gasteiger partial charge is 0.0946 e. The predicted octanol–water partition coefficient (Wildman–Crippen LogP) is 1.53. The zero-order valence-corrected chi connectivity index (χ0v) is 11.9. The summed E-state index contributed by atoms with van der Waals surface area (Å²) in [6, 6.07) is 2.08. The molecule has 1 aromatic rings. The van der Waals surface area contributed by atoms with E-state index in [1.54, 1.807) is 11.3 Å². The molecule has 0 saturated heterocycles. The van der Waals surface area contributed by atoms with Gasteiger partial charge in [0.2, 0.25) is 0 Å². The van der Waals surface area contributed by atoms with E-state index in [1.807, 2.05) is 17.3 Å². The van der Waals surface area contributed by atoms with Gasteiger partial charge in [-0.05, 0) is 48.8 Å². The maximum absolute atomic E-state index is 10.4. The summed E-state index contributed by atoms with van der Waals surface area (Å²) in [4.78, 5) is 2.04. The summed E-state index contributed by atoms with van der Waals surface area (Å²) >= 11 is 1.67. The molecule has 1 heterocycles. The Kier molecular flexibility index (Phi) is 7.56. The Morgan fingerprint density at radius 2 is 2.12 bits per heavy atom. The Morgan fingerprint density at radius 1 is 1.41 bits per heavy atom. The molecule has 0 saturated carbocycles. The van der Waals surface area contributed by atoms with E-state index in [-0.39, 0.29) is 11.9 Å². The highest BCUT2D eigenvalue weighted by Gasteiger charge is 2.01. The molecule has 100 valence electrons. The molecule has 0 aliphatic heterocycles. The molecule has 7 heteroatoms. The number of hydrogen-bond donors (Lipinski definition) is 1. The molecular weight excluding hydrogens is 260 g/mol. The van der Waals surface area contributed by atoms with E-state index in [1.165, 1.54) is 5.56 Å². The van der Waals surface area contributed by atoms with E-state index in [2.05, 4.69) is 11.4 Å². The van der Waals surface area contributed by atoms with Crippen molar-refractivity contribution in [2.75, 3.05) is 25.9 Å². The summed E-state index contributed by atoms with van der Waals surface area (Å²) in [7, 11) is -2.12. The van der Waals surface area contributed by atoms with Gasteiger partial charge in [-0.15, -0.1) is 0 Å². The average Bonchev–Trinajstić information content (AvgIpc) is 2.65. The molecule has 17 heavy (non-hydrogen) atoms. The van der Waals surface area contributed by atoms with Crippen LogP contribution >= 0.6 is 11.3 Å². The lowest BCUT2D eigenvalue weighted by atomic mass is 10.2. The minimum atomic E-state index is -4.05. The predicted molar refractivity (Wildman–Crippen MR) is 70.7 cm³/mol. The first-order chi connectivity index (χ1) is 7.47. The largest absolute Gasteiger partial charge is 0.748 e. The van der Waals surface area contributed by atoms with Crippen molar-refractivity contribution in [3.63, 3.8) is 0 Å². The Bertz CT molecular complexity index is 390. The lowest BCUT2D eigenvalue weighted by Gasteiger charge is -2.16. The van der Waals surface area contributed by atoms with Crippen LogP contribution in [-0.2, 0) is 16.5 Å². The zero-order valence-electron chi connectivity index (χ0n) is 10.3. The quantitative estimate of drug-likeness (QED) is 0.766. The molecule has 0 unspecified atom stereocenters. The van der Waals surface area contributed by atoms with E-state index in [9.17, 15) is 13.0 Å². The molecule has 0 fully saturated rings. The molecular formula is C10H20N2O3S2.